The lowest BCUT2D eigenvalue weighted by atomic mass is 10.1. The van der Waals surface area contributed by atoms with Gasteiger partial charge in [0, 0.05) is 0 Å². The van der Waals surface area contributed by atoms with Crippen molar-refractivity contribution in [1.82, 2.24) is 4.72 Å². The Hall–Kier alpha value is -2.48. The number of sulfone groups is 1. The first-order valence-corrected chi connectivity index (χ1v) is 11.3. The molecule has 3 atom stereocenters. The van der Waals surface area contributed by atoms with Crippen molar-refractivity contribution < 1.29 is 17.0 Å². The second kappa shape index (κ2) is 8.68. The number of rotatable bonds is 8. The number of hydrogen-bond donors (Lipinski definition) is 1. The highest BCUT2D eigenvalue weighted by Crippen LogP contribution is 2.29. The fourth-order valence-corrected chi connectivity index (χ4v) is 5.57. The smallest absolute Gasteiger partial charge is 0.186 e. The van der Waals surface area contributed by atoms with Gasteiger partial charge in [0.25, 0.3) is 0 Å². The molecule has 1 aromatic heterocycles. The summed E-state index contributed by atoms with van der Waals surface area (Å²) in [7, 11) is -5.43. The monoisotopic (exact) mass is 415 g/mol. The summed E-state index contributed by atoms with van der Waals surface area (Å²) in [4.78, 5) is 0.710. The zero-order chi connectivity index (χ0) is 20.1. The number of benzene rings is 2. The van der Waals surface area contributed by atoms with Crippen LogP contribution in [-0.4, -0.2) is 17.9 Å². The molecule has 1 unspecified atom stereocenters. The summed E-state index contributed by atoms with van der Waals surface area (Å²) in [6.07, 6.45) is 2.79. The summed E-state index contributed by atoms with van der Waals surface area (Å²) in [5.74, 6) is 0.366. The Balaban J connectivity index is 1.98. The van der Waals surface area contributed by atoms with Crippen LogP contribution in [0.3, 0.4) is 0 Å². The molecule has 1 N–H and O–H groups in total. The van der Waals surface area contributed by atoms with Crippen LogP contribution in [0.15, 0.2) is 99.9 Å². The molecule has 0 spiro atoms. The van der Waals surface area contributed by atoms with Gasteiger partial charge in [-0.25, -0.2) is 17.3 Å². The molecule has 0 saturated carbocycles. The molecule has 146 valence electrons. The molecular weight excluding hydrogens is 394 g/mol. The second-order valence-corrected chi connectivity index (χ2v) is 9.60. The molecule has 0 aliphatic carbocycles. The van der Waals surface area contributed by atoms with E-state index in [2.05, 4.69) is 11.3 Å². The molecule has 0 radical (unpaired) electrons. The second-order valence-electron chi connectivity index (χ2n) is 6.25. The van der Waals surface area contributed by atoms with E-state index in [0.29, 0.717) is 10.7 Å². The summed E-state index contributed by atoms with van der Waals surface area (Å²) < 4.78 is 47.7. The third kappa shape index (κ3) is 4.32. The Morgan fingerprint density at radius 3 is 2.29 bits per heavy atom. The minimum atomic E-state index is -3.79. The zero-order valence-corrected chi connectivity index (χ0v) is 16.9. The van der Waals surface area contributed by atoms with Gasteiger partial charge in [-0.15, -0.1) is 6.58 Å². The topological polar surface area (TPSA) is 76.4 Å². The molecule has 0 aliphatic heterocycles. The minimum Gasteiger partial charge on any atom is -0.468 e. The van der Waals surface area contributed by atoms with E-state index in [1.165, 1.54) is 24.5 Å². The molecule has 28 heavy (non-hydrogen) atoms. The van der Waals surface area contributed by atoms with Gasteiger partial charge in [0.15, 0.2) is 9.84 Å². The third-order valence-corrected chi connectivity index (χ3v) is 7.59. The Morgan fingerprint density at radius 1 is 1.04 bits per heavy atom. The van der Waals surface area contributed by atoms with Crippen LogP contribution in [-0.2, 0) is 20.8 Å². The van der Waals surface area contributed by atoms with Crippen LogP contribution in [0.4, 0.5) is 0 Å². The highest BCUT2D eigenvalue weighted by atomic mass is 32.2. The van der Waals surface area contributed by atoms with Gasteiger partial charge in [0.05, 0.1) is 22.1 Å². The van der Waals surface area contributed by atoms with Gasteiger partial charge in [-0.1, -0.05) is 42.0 Å². The maximum atomic E-state index is 13.2. The number of furan rings is 1. The van der Waals surface area contributed by atoms with Crippen molar-refractivity contribution in [1.29, 1.82) is 0 Å². The summed E-state index contributed by atoms with van der Waals surface area (Å²) in [5.41, 5.74) is 1.04. The van der Waals surface area contributed by atoms with E-state index in [4.69, 9.17) is 4.42 Å². The first kappa shape index (κ1) is 20.3. The van der Waals surface area contributed by atoms with Crippen molar-refractivity contribution in [3.8, 4) is 0 Å². The van der Waals surface area contributed by atoms with Gasteiger partial charge in [0.2, 0.25) is 0 Å². The van der Waals surface area contributed by atoms with Gasteiger partial charge in [-0.2, -0.15) is 0 Å². The largest absolute Gasteiger partial charge is 0.468 e. The Bertz CT molecular complexity index is 1040. The Morgan fingerprint density at radius 2 is 1.71 bits per heavy atom. The third-order valence-electron chi connectivity index (χ3n) is 4.31. The van der Waals surface area contributed by atoms with Gasteiger partial charge in [0.1, 0.15) is 22.0 Å². The van der Waals surface area contributed by atoms with Crippen LogP contribution in [0, 0.1) is 6.92 Å². The van der Waals surface area contributed by atoms with Crippen LogP contribution in [0.5, 0.6) is 0 Å². The van der Waals surface area contributed by atoms with Crippen LogP contribution in [0.2, 0.25) is 0 Å². The van der Waals surface area contributed by atoms with E-state index in [1.807, 2.05) is 19.1 Å². The molecular formula is C21H21NO4S2. The molecule has 0 fully saturated rings. The molecule has 3 aromatic rings. The average Bonchev–Trinajstić information content (AvgIpc) is 3.23. The number of nitrogens with one attached hydrogen (secondary N) is 1. The first-order chi connectivity index (χ1) is 13.4. The van der Waals surface area contributed by atoms with Crippen LogP contribution in [0.25, 0.3) is 0 Å². The summed E-state index contributed by atoms with van der Waals surface area (Å²) in [6, 6.07) is 17.7. The lowest BCUT2D eigenvalue weighted by Gasteiger charge is -2.24. The van der Waals surface area contributed by atoms with E-state index < -0.39 is 32.1 Å². The standard InChI is InChI=1S/C21H21NO4S2/c1-3-20(28(24,25)18-8-5-4-6-9-18)21(19-10-7-15-26-19)22-27(23)17-13-11-16(2)12-14-17/h3-15,20-22H,1H2,2H3/t20-,21+,27?/m0/s1. The summed E-state index contributed by atoms with van der Waals surface area (Å²) in [6.45, 7) is 5.65. The van der Waals surface area contributed by atoms with E-state index in [0.717, 1.165) is 5.56 Å². The van der Waals surface area contributed by atoms with Crippen LogP contribution in [0.1, 0.15) is 17.4 Å². The fourth-order valence-electron chi connectivity index (χ4n) is 2.81. The lowest BCUT2D eigenvalue weighted by Crippen LogP contribution is -2.37. The molecule has 0 saturated heterocycles. The van der Waals surface area contributed by atoms with Crippen molar-refractivity contribution in [3.05, 3.63) is 97.0 Å². The molecule has 0 amide bonds. The highest BCUT2D eigenvalue weighted by Gasteiger charge is 2.36. The molecule has 5 nitrogen and oxygen atoms in total. The predicted molar refractivity (Wildman–Crippen MR) is 110 cm³/mol. The van der Waals surface area contributed by atoms with Crippen molar-refractivity contribution in [3.63, 3.8) is 0 Å². The van der Waals surface area contributed by atoms with Gasteiger partial charge in [-0.05, 0) is 43.3 Å². The van der Waals surface area contributed by atoms with Crippen LogP contribution < -0.4 is 4.72 Å². The maximum absolute atomic E-state index is 13.2. The molecule has 3 rings (SSSR count). The van der Waals surface area contributed by atoms with Crippen molar-refractivity contribution in [2.75, 3.05) is 0 Å². The number of aryl methyl sites for hydroxylation is 1. The molecule has 0 aliphatic rings. The quantitative estimate of drug-likeness (QED) is 0.565. The van der Waals surface area contributed by atoms with E-state index >= 15 is 0 Å². The molecule has 7 heteroatoms. The maximum Gasteiger partial charge on any atom is 0.186 e. The van der Waals surface area contributed by atoms with E-state index in [9.17, 15) is 12.6 Å². The van der Waals surface area contributed by atoms with Gasteiger partial charge < -0.3 is 4.42 Å². The van der Waals surface area contributed by atoms with Crippen molar-refractivity contribution in [2.45, 2.75) is 28.0 Å². The fraction of sp³-hybridized carbons (Fsp3) is 0.143. The molecule has 2 aromatic carbocycles. The lowest BCUT2D eigenvalue weighted by molar-refractivity contribution is 0.448. The van der Waals surface area contributed by atoms with Gasteiger partial charge in [-0.3, -0.25) is 0 Å². The Labute approximate surface area is 167 Å². The SMILES string of the molecule is C=C[C@@H]([C@H](NS(=O)c1ccc(C)cc1)c1ccco1)S(=O)(=O)c1ccccc1. The summed E-state index contributed by atoms with van der Waals surface area (Å²) >= 11 is 0. The first-order valence-electron chi connectivity index (χ1n) is 8.63. The summed E-state index contributed by atoms with van der Waals surface area (Å²) in [5, 5.41) is -1.07. The van der Waals surface area contributed by atoms with Crippen LogP contribution >= 0.6 is 0 Å². The van der Waals surface area contributed by atoms with Gasteiger partial charge >= 0.3 is 0 Å². The van der Waals surface area contributed by atoms with E-state index in [1.54, 1.807) is 42.5 Å². The van der Waals surface area contributed by atoms with E-state index in [-0.39, 0.29) is 4.90 Å². The zero-order valence-electron chi connectivity index (χ0n) is 15.3. The predicted octanol–water partition coefficient (Wildman–Crippen LogP) is 3.97. The normalized spacial score (nSPS) is 14.9. The number of hydrogen-bond acceptors (Lipinski definition) is 4. The molecule has 1 heterocycles. The minimum absolute atomic E-state index is 0.166. The van der Waals surface area contributed by atoms with Crippen molar-refractivity contribution >= 4 is 20.8 Å². The van der Waals surface area contributed by atoms with Crippen molar-refractivity contribution in [2.24, 2.45) is 0 Å². The average molecular weight is 416 g/mol. The molecule has 0 bridgehead atoms. The Kier molecular flexibility index (Phi) is 6.28. The highest BCUT2D eigenvalue weighted by molar-refractivity contribution is 7.92.